The van der Waals surface area contributed by atoms with Crippen LogP contribution in [0.4, 0.5) is 13.2 Å². The molecular formula is C7H10BrF3O. The number of hydrogen-bond acceptors (Lipinski definition) is 1. The Morgan fingerprint density at radius 2 is 2.08 bits per heavy atom. The average molecular weight is 247 g/mol. The van der Waals surface area contributed by atoms with E-state index in [4.69, 9.17) is 5.11 Å². The van der Waals surface area contributed by atoms with E-state index in [2.05, 4.69) is 6.58 Å². The third kappa shape index (κ3) is 3.15. The fourth-order valence-electron chi connectivity index (χ4n) is 0.748. The molecule has 0 fully saturated rings. The Morgan fingerprint density at radius 1 is 1.67 bits per heavy atom. The van der Waals surface area contributed by atoms with Gasteiger partial charge in [0.05, 0.1) is 0 Å². The van der Waals surface area contributed by atoms with Crippen molar-refractivity contribution >= 4 is 15.9 Å². The minimum atomic E-state index is -3.71. The van der Waals surface area contributed by atoms with Crippen molar-refractivity contribution in [2.45, 2.75) is 29.9 Å². The van der Waals surface area contributed by atoms with Gasteiger partial charge >= 0.3 is 4.83 Å². The van der Waals surface area contributed by atoms with Crippen LogP contribution >= 0.6 is 15.9 Å². The maximum absolute atomic E-state index is 12.8. The summed E-state index contributed by atoms with van der Waals surface area (Å²) < 4.78 is 37.3. The molecule has 0 radical (unpaired) electrons. The lowest BCUT2D eigenvalue weighted by atomic mass is 9.97. The third-order valence-corrected chi connectivity index (χ3v) is 1.79. The van der Waals surface area contributed by atoms with Crippen LogP contribution in [-0.4, -0.2) is 21.7 Å². The first-order valence-corrected chi connectivity index (χ1v) is 4.05. The summed E-state index contributed by atoms with van der Waals surface area (Å²) in [6.07, 6.45) is -1.69. The summed E-state index contributed by atoms with van der Waals surface area (Å²) in [5.41, 5.74) is -2.09. The van der Waals surface area contributed by atoms with Crippen molar-refractivity contribution in [1.29, 1.82) is 0 Å². The van der Waals surface area contributed by atoms with E-state index in [0.717, 1.165) is 6.92 Å². The quantitative estimate of drug-likeness (QED) is 0.598. The largest absolute Gasteiger partial charge is 0.387 e. The SMILES string of the molecule is C=CCC(C)(O)C(F)C(F)(F)Br. The number of alkyl halides is 4. The molecule has 2 unspecified atom stereocenters. The Hall–Kier alpha value is -0.0300. The highest BCUT2D eigenvalue weighted by atomic mass is 79.9. The van der Waals surface area contributed by atoms with Crippen LogP contribution in [0.3, 0.4) is 0 Å². The molecule has 0 heterocycles. The summed E-state index contributed by atoms with van der Waals surface area (Å²) in [4.78, 5) is -3.71. The van der Waals surface area contributed by atoms with Crippen LogP contribution in [0, 0.1) is 0 Å². The summed E-state index contributed by atoms with van der Waals surface area (Å²) >= 11 is 1.85. The van der Waals surface area contributed by atoms with Gasteiger partial charge in [0.2, 0.25) is 6.17 Å². The fraction of sp³-hybridized carbons (Fsp3) is 0.714. The Morgan fingerprint density at radius 3 is 2.33 bits per heavy atom. The third-order valence-electron chi connectivity index (χ3n) is 1.39. The molecule has 2 atom stereocenters. The summed E-state index contributed by atoms with van der Waals surface area (Å²) in [5, 5.41) is 9.16. The standard InChI is InChI=1S/C7H10BrF3O/c1-3-4-6(2,12)5(9)7(8,10)11/h3,5,12H,1,4H2,2H3. The highest BCUT2D eigenvalue weighted by Crippen LogP contribution is 2.36. The molecule has 0 rings (SSSR count). The number of halogens is 4. The van der Waals surface area contributed by atoms with Crippen LogP contribution in [0.5, 0.6) is 0 Å². The van der Waals surface area contributed by atoms with E-state index in [1.807, 2.05) is 15.9 Å². The van der Waals surface area contributed by atoms with E-state index >= 15 is 0 Å². The number of aliphatic hydroxyl groups is 1. The van der Waals surface area contributed by atoms with Crippen LogP contribution in [0.15, 0.2) is 12.7 Å². The second kappa shape index (κ2) is 3.79. The summed E-state index contributed by atoms with van der Waals surface area (Å²) in [7, 11) is 0. The first-order chi connectivity index (χ1) is 5.22. The lowest BCUT2D eigenvalue weighted by Crippen LogP contribution is -2.44. The van der Waals surface area contributed by atoms with Gasteiger partial charge in [0, 0.05) is 0 Å². The maximum atomic E-state index is 12.8. The molecule has 0 aromatic rings. The van der Waals surface area contributed by atoms with Gasteiger partial charge in [0.15, 0.2) is 0 Å². The van der Waals surface area contributed by atoms with Gasteiger partial charge in [-0.3, -0.25) is 0 Å². The molecule has 0 aliphatic heterocycles. The van der Waals surface area contributed by atoms with Crippen LogP contribution in [0.1, 0.15) is 13.3 Å². The summed E-state index contributed by atoms with van der Waals surface area (Å²) in [6, 6.07) is 0. The Balaban J connectivity index is 4.44. The zero-order valence-corrected chi connectivity index (χ0v) is 8.11. The van der Waals surface area contributed by atoms with Gasteiger partial charge in [-0.1, -0.05) is 6.08 Å². The Labute approximate surface area is 77.4 Å². The molecule has 0 spiro atoms. The molecule has 0 saturated heterocycles. The predicted octanol–water partition coefficient (Wildman–Crippen LogP) is 2.64. The van der Waals surface area contributed by atoms with Crippen molar-refractivity contribution in [3.63, 3.8) is 0 Å². The first kappa shape index (κ1) is 12.0. The molecule has 5 heteroatoms. The van der Waals surface area contributed by atoms with E-state index in [1.165, 1.54) is 6.08 Å². The number of hydrogen-bond donors (Lipinski definition) is 1. The minimum absolute atomic E-state index is 0.227. The highest BCUT2D eigenvalue weighted by Gasteiger charge is 2.48. The first-order valence-electron chi connectivity index (χ1n) is 3.26. The van der Waals surface area contributed by atoms with Crippen molar-refractivity contribution in [1.82, 2.24) is 0 Å². The Kier molecular flexibility index (Phi) is 3.78. The van der Waals surface area contributed by atoms with Gasteiger partial charge in [-0.2, -0.15) is 8.78 Å². The second-order valence-electron chi connectivity index (χ2n) is 2.75. The van der Waals surface area contributed by atoms with Crippen molar-refractivity contribution < 1.29 is 18.3 Å². The smallest absolute Gasteiger partial charge is 0.334 e. The van der Waals surface area contributed by atoms with Gasteiger partial charge in [-0.25, -0.2) is 4.39 Å². The lowest BCUT2D eigenvalue weighted by molar-refractivity contribution is -0.0999. The minimum Gasteiger partial charge on any atom is -0.387 e. The molecule has 0 aromatic carbocycles. The predicted molar refractivity (Wildman–Crippen MR) is 44.2 cm³/mol. The van der Waals surface area contributed by atoms with Gasteiger partial charge < -0.3 is 5.11 Å². The maximum Gasteiger partial charge on any atom is 0.334 e. The zero-order valence-electron chi connectivity index (χ0n) is 6.53. The van der Waals surface area contributed by atoms with E-state index in [-0.39, 0.29) is 6.42 Å². The molecule has 12 heavy (non-hydrogen) atoms. The highest BCUT2D eigenvalue weighted by molar-refractivity contribution is 9.10. The van der Waals surface area contributed by atoms with Gasteiger partial charge in [-0.15, -0.1) is 6.58 Å². The monoisotopic (exact) mass is 246 g/mol. The van der Waals surface area contributed by atoms with Gasteiger partial charge in [0.1, 0.15) is 5.60 Å². The van der Waals surface area contributed by atoms with Crippen molar-refractivity contribution in [3.8, 4) is 0 Å². The van der Waals surface area contributed by atoms with Crippen LogP contribution in [0.25, 0.3) is 0 Å². The molecule has 1 nitrogen and oxygen atoms in total. The topological polar surface area (TPSA) is 20.2 Å². The summed E-state index contributed by atoms with van der Waals surface area (Å²) in [6.45, 7) is 4.22. The van der Waals surface area contributed by atoms with Crippen LogP contribution in [-0.2, 0) is 0 Å². The lowest BCUT2D eigenvalue weighted by Gasteiger charge is -2.28. The molecule has 72 valence electrons. The van der Waals surface area contributed by atoms with Crippen molar-refractivity contribution in [3.05, 3.63) is 12.7 Å². The molecule has 0 aromatic heterocycles. The second-order valence-corrected chi connectivity index (χ2v) is 3.81. The van der Waals surface area contributed by atoms with Crippen LogP contribution in [0.2, 0.25) is 0 Å². The van der Waals surface area contributed by atoms with Crippen molar-refractivity contribution in [2.75, 3.05) is 0 Å². The molecule has 0 saturated carbocycles. The average Bonchev–Trinajstić information content (AvgIpc) is 1.84. The molecule has 0 amide bonds. The fourth-order valence-corrected chi connectivity index (χ4v) is 1.24. The molecular weight excluding hydrogens is 237 g/mol. The van der Waals surface area contributed by atoms with E-state index in [0.29, 0.717) is 0 Å². The zero-order chi connectivity index (χ0) is 9.99. The van der Waals surface area contributed by atoms with Gasteiger partial charge in [-0.05, 0) is 29.3 Å². The normalized spacial score (nSPS) is 19.8. The molecule has 0 bridgehead atoms. The van der Waals surface area contributed by atoms with Crippen molar-refractivity contribution in [2.24, 2.45) is 0 Å². The summed E-state index contributed by atoms with van der Waals surface area (Å²) in [5.74, 6) is 0. The molecule has 0 aliphatic rings. The van der Waals surface area contributed by atoms with E-state index in [9.17, 15) is 13.2 Å². The van der Waals surface area contributed by atoms with E-state index < -0.39 is 16.6 Å². The molecule has 0 aliphatic carbocycles. The molecule has 1 N–H and O–H groups in total. The Bertz CT molecular complexity index is 165. The van der Waals surface area contributed by atoms with E-state index in [1.54, 1.807) is 0 Å². The van der Waals surface area contributed by atoms with Gasteiger partial charge in [0.25, 0.3) is 0 Å². The number of rotatable bonds is 4. The van der Waals surface area contributed by atoms with Crippen LogP contribution < -0.4 is 0 Å².